The summed E-state index contributed by atoms with van der Waals surface area (Å²) in [6.45, 7) is 2.19. The van der Waals surface area contributed by atoms with Gasteiger partial charge in [-0.25, -0.2) is 0 Å². The molecule has 0 spiro atoms. The van der Waals surface area contributed by atoms with Gasteiger partial charge in [-0.05, 0) is 12.8 Å². The summed E-state index contributed by atoms with van der Waals surface area (Å²) >= 11 is 0. The van der Waals surface area contributed by atoms with E-state index in [1.54, 1.807) is 5.57 Å². The Balaban J connectivity index is 0.000000218. The Hall–Kier alpha value is -0.575. The molecule has 1 rings (SSSR count). The van der Waals surface area contributed by atoms with Crippen molar-refractivity contribution in [2.24, 2.45) is 0 Å². The zero-order valence-electron chi connectivity index (χ0n) is 6.57. The van der Waals surface area contributed by atoms with E-state index >= 15 is 0 Å². The molecule has 0 amide bonds. The first-order chi connectivity index (χ1) is 5.16. The molecule has 4 heteroatoms. The Kier molecular flexibility index (Phi) is 5.83. The summed E-state index contributed by atoms with van der Waals surface area (Å²) < 4.78 is 0. The minimum absolute atomic E-state index is 1.19. The lowest BCUT2D eigenvalue weighted by molar-refractivity contribution is 0.278. The predicted molar refractivity (Wildman–Crippen MR) is 44.5 cm³/mol. The van der Waals surface area contributed by atoms with E-state index in [1.807, 2.05) is 0 Å². The second-order valence-electron chi connectivity index (χ2n) is 2.16. The predicted octanol–water partition coefficient (Wildman–Crippen LogP) is 0.231. The monoisotopic (exact) mass is 156 g/mol. The topological polar surface area (TPSA) is 60.7 Å². The molecule has 0 bridgehead atoms. The SMILES string of the molecule is CCC1=CC=CC1.OB(O)O. The van der Waals surface area contributed by atoms with Crippen LogP contribution in [0.15, 0.2) is 23.8 Å². The molecule has 11 heavy (non-hydrogen) atoms. The fourth-order valence-corrected chi connectivity index (χ4v) is 0.754. The lowest BCUT2D eigenvalue weighted by Gasteiger charge is -1.88. The maximum Gasteiger partial charge on any atom is 0.631 e. The minimum atomic E-state index is -2.17. The van der Waals surface area contributed by atoms with Crippen LogP contribution in [0.5, 0.6) is 0 Å². The number of rotatable bonds is 1. The van der Waals surface area contributed by atoms with Gasteiger partial charge in [0.25, 0.3) is 0 Å². The van der Waals surface area contributed by atoms with Crippen molar-refractivity contribution >= 4 is 7.32 Å². The van der Waals surface area contributed by atoms with Crippen LogP contribution in [0.3, 0.4) is 0 Å². The van der Waals surface area contributed by atoms with Crippen LogP contribution < -0.4 is 0 Å². The summed E-state index contributed by atoms with van der Waals surface area (Å²) in [4.78, 5) is 0. The van der Waals surface area contributed by atoms with Gasteiger partial charge in [0.2, 0.25) is 0 Å². The van der Waals surface area contributed by atoms with Crippen molar-refractivity contribution < 1.29 is 15.1 Å². The number of hydrogen-bond acceptors (Lipinski definition) is 3. The second-order valence-corrected chi connectivity index (χ2v) is 2.16. The van der Waals surface area contributed by atoms with Crippen LogP contribution in [0.25, 0.3) is 0 Å². The van der Waals surface area contributed by atoms with E-state index in [0.717, 1.165) is 0 Å². The zero-order chi connectivity index (χ0) is 8.69. The Morgan fingerprint density at radius 1 is 1.45 bits per heavy atom. The summed E-state index contributed by atoms with van der Waals surface area (Å²) in [6, 6.07) is 0. The lowest BCUT2D eigenvalue weighted by Crippen LogP contribution is -2.07. The molecule has 3 nitrogen and oxygen atoms in total. The molecule has 0 saturated heterocycles. The van der Waals surface area contributed by atoms with Gasteiger partial charge >= 0.3 is 7.32 Å². The molecule has 0 aromatic heterocycles. The Labute approximate surface area is 66.9 Å². The van der Waals surface area contributed by atoms with Gasteiger partial charge < -0.3 is 15.1 Å². The largest absolute Gasteiger partial charge is 0.631 e. The van der Waals surface area contributed by atoms with Crippen LogP contribution in [-0.4, -0.2) is 22.4 Å². The van der Waals surface area contributed by atoms with Gasteiger partial charge in [0.15, 0.2) is 0 Å². The average Bonchev–Trinajstić information content (AvgIpc) is 2.36. The van der Waals surface area contributed by atoms with Gasteiger partial charge in [-0.15, -0.1) is 0 Å². The third kappa shape index (κ3) is 7.32. The van der Waals surface area contributed by atoms with E-state index in [2.05, 4.69) is 25.2 Å². The van der Waals surface area contributed by atoms with E-state index in [-0.39, 0.29) is 0 Å². The van der Waals surface area contributed by atoms with Gasteiger partial charge in [0.1, 0.15) is 0 Å². The van der Waals surface area contributed by atoms with E-state index in [1.165, 1.54) is 12.8 Å². The fraction of sp³-hybridized carbons (Fsp3) is 0.429. The molecule has 0 saturated carbocycles. The highest BCUT2D eigenvalue weighted by Gasteiger charge is 1.92. The van der Waals surface area contributed by atoms with E-state index in [4.69, 9.17) is 15.1 Å². The Morgan fingerprint density at radius 2 is 2.00 bits per heavy atom. The Bertz CT molecular complexity index is 149. The highest BCUT2D eigenvalue weighted by Crippen LogP contribution is 2.12. The Morgan fingerprint density at radius 3 is 2.18 bits per heavy atom. The zero-order valence-corrected chi connectivity index (χ0v) is 6.57. The summed E-state index contributed by atoms with van der Waals surface area (Å²) in [5, 5.41) is 21.5. The van der Waals surface area contributed by atoms with Crippen LogP contribution in [0.1, 0.15) is 19.8 Å². The molecule has 0 aromatic rings. The van der Waals surface area contributed by atoms with Crippen LogP contribution >= 0.6 is 0 Å². The first-order valence-corrected chi connectivity index (χ1v) is 3.55. The highest BCUT2D eigenvalue weighted by atomic mass is 16.5. The van der Waals surface area contributed by atoms with E-state index in [0.29, 0.717) is 0 Å². The molecule has 0 fully saturated rings. The molecule has 1 aliphatic carbocycles. The maximum atomic E-state index is 7.17. The molecule has 1 aliphatic rings. The van der Waals surface area contributed by atoms with Crippen molar-refractivity contribution in [3.8, 4) is 0 Å². The second kappa shape index (κ2) is 6.16. The van der Waals surface area contributed by atoms with E-state index in [9.17, 15) is 0 Å². The standard InChI is InChI=1S/C7H10.BH3O3/c1-2-7-5-3-4-6-7;2-1(3)4/h3-5H,2,6H2,1H3;2-4H. The lowest BCUT2D eigenvalue weighted by atomic mass is 10.2. The smallest absolute Gasteiger partial charge is 0.402 e. The minimum Gasteiger partial charge on any atom is -0.402 e. The van der Waals surface area contributed by atoms with Gasteiger partial charge in [-0.1, -0.05) is 30.7 Å². The molecule has 0 aromatic carbocycles. The molecule has 0 unspecified atom stereocenters. The molecule has 0 radical (unpaired) electrons. The third-order valence-corrected chi connectivity index (χ3v) is 1.30. The first kappa shape index (κ1) is 10.4. The van der Waals surface area contributed by atoms with Crippen LogP contribution in [-0.2, 0) is 0 Å². The normalized spacial score (nSPS) is 13.6. The molecular weight excluding hydrogens is 143 g/mol. The fourth-order valence-electron chi connectivity index (χ4n) is 0.754. The van der Waals surface area contributed by atoms with E-state index < -0.39 is 7.32 Å². The number of hydrogen-bond donors (Lipinski definition) is 3. The van der Waals surface area contributed by atoms with Crippen LogP contribution in [0.4, 0.5) is 0 Å². The highest BCUT2D eigenvalue weighted by molar-refractivity contribution is 6.30. The molecule has 0 atom stereocenters. The molecule has 3 N–H and O–H groups in total. The summed E-state index contributed by atoms with van der Waals surface area (Å²) in [5.41, 5.74) is 1.56. The van der Waals surface area contributed by atoms with Crippen molar-refractivity contribution in [2.75, 3.05) is 0 Å². The molecule has 0 heterocycles. The van der Waals surface area contributed by atoms with Gasteiger partial charge in [-0.2, -0.15) is 0 Å². The molecule has 0 aliphatic heterocycles. The quantitative estimate of drug-likeness (QED) is 0.476. The molecule has 62 valence electrons. The van der Waals surface area contributed by atoms with Crippen molar-refractivity contribution in [1.82, 2.24) is 0 Å². The average molecular weight is 156 g/mol. The first-order valence-electron chi connectivity index (χ1n) is 3.55. The maximum absolute atomic E-state index is 7.17. The number of allylic oxidation sites excluding steroid dienone is 4. The van der Waals surface area contributed by atoms with Crippen LogP contribution in [0, 0.1) is 0 Å². The van der Waals surface area contributed by atoms with Crippen molar-refractivity contribution in [3.05, 3.63) is 23.8 Å². The van der Waals surface area contributed by atoms with Gasteiger partial charge in [0, 0.05) is 0 Å². The van der Waals surface area contributed by atoms with Gasteiger partial charge in [0.05, 0.1) is 0 Å². The van der Waals surface area contributed by atoms with Crippen molar-refractivity contribution in [2.45, 2.75) is 19.8 Å². The van der Waals surface area contributed by atoms with Crippen LogP contribution in [0.2, 0.25) is 0 Å². The summed E-state index contributed by atoms with van der Waals surface area (Å²) in [5.74, 6) is 0. The summed E-state index contributed by atoms with van der Waals surface area (Å²) in [6.07, 6.45) is 8.92. The van der Waals surface area contributed by atoms with Gasteiger partial charge in [-0.3, -0.25) is 0 Å². The van der Waals surface area contributed by atoms with Crippen molar-refractivity contribution in [3.63, 3.8) is 0 Å². The summed E-state index contributed by atoms with van der Waals surface area (Å²) in [7, 11) is -2.17. The molecular formula is C7H13BO3. The third-order valence-electron chi connectivity index (χ3n) is 1.30. The van der Waals surface area contributed by atoms with Crippen molar-refractivity contribution in [1.29, 1.82) is 0 Å².